The number of ether oxygens (including phenoxy) is 2. The predicted octanol–water partition coefficient (Wildman–Crippen LogP) is 6.25. The van der Waals surface area contributed by atoms with Gasteiger partial charge in [0.1, 0.15) is 11.9 Å². The number of nitrogens with two attached hydrogens (primary N) is 1. The molecule has 4 aromatic carbocycles. The van der Waals surface area contributed by atoms with Gasteiger partial charge >= 0.3 is 0 Å². The molecule has 3 saturated heterocycles. The summed E-state index contributed by atoms with van der Waals surface area (Å²) in [5, 5.41) is 11.6. The summed E-state index contributed by atoms with van der Waals surface area (Å²) < 4.78 is 12.4. The predicted molar refractivity (Wildman–Crippen MR) is 170 cm³/mol. The molecule has 3 aliphatic rings. The Bertz CT molecular complexity index is 1600. The van der Waals surface area contributed by atoms with Gasteiger partial charge in [-0.05, 0) is 120 Å². The second-order valence-corrected chi connectivity index (χ2v) is 12.2. The summed E-state index contributed by atoms with van der Waals surface area (Å²) in [6, 6.07) is 21.7. The van der Waals surface area contributed by atoms with Crippen molar-refractivity contribution in [3.63, 3.8) is 0 Å². The number of piperidine rings is 2. The molecule has 6 heteroatoms. The van der Waals surface area contributed by atoms with Crippen molar-refractivity contribution in [2.24, 2.45) is 5.73 Å². The Hall–Kier alpha value is -3.45. The quantitative estimate of drug-likeness (QED) is 0.258. The molecule has 3 fully saturated rings. The van der Waals surface area contributed by atoms with Crippen molar-refractivity contribution < 1.29 is 14.3 Å². The summed E-state index contributed by atoms with van der Waals surface area (Å²) in [7, 11) is 0. The molecule has 3 heterocycles. The summed E-state index contributed by atoms with van der Waals surface area (Å²) in [6.07, 6.45) is 6.29. The first-order valence-electron chi connectivity index (χ1n) is 15.8. The number of benzene rings is 4. The number of hydrogen-bond donors (Lipinski definition) is 3. The molecule has 0 radical (unpaired) electrons. The molecule has 0 aromatic heterocycles. The van der Waals surface area contributed by atoms with Gasteiger partial charge in [0.2, 0.25) is 5.91 Å². The maximum absolute atomic E-state index is 12.7. The lowest BCUT2D eigenvalue weighted by atomic mass is 9.79. The van der Waals surface area contributed by atoms with Crippen LogP contribution in [0.25, 0.3) is 32.7 Å². The number of fused-ring (bicyclic) bond motifs is 2. The Morgan fingerprint density at radius 1 is 0.738 bits per heavy atom. The van der Waals surface area contributed by atoms with E-state index in [1.54, 1.807) is 0 Å². The third kappa shape index (κ3) is 5.28. The number of carbonyl (C=O) groups is 1. The van der Waals surface area contributed by atoms with Gasteiger partial charge in [0.25, 0.3) is 0 Å². The smallest absolute Gasteiger partial charge is 0.249 e. The third-order valence-corrected chi connectivity index (χ3v) is 9.64. The van der Waals surface area contributed by atoms with E-state index in [4.69, 9.17) is 15.2 Å². The second-order valence-electron chi connectivity index (χ2n) is 12.2. The van der Waals surface area contributed by atoms with Crippen LogP contribution < -0.4 is 21.1 Å². The molecule has 0 saturated carbocycles. The average molecular weight is 564 g/mol. The van der Waals surface area contributed by atoms with Crippen molar-refractivity contribution in [1.29, 1.82) is 0 Å². The standard InChI is InChI=1S/C36H41N3O3/c37-36(40)30-7-3-6-27-31(23-8-14-38-15-9-23)20-25(21-33(27)30)32-22-34(42-26-12-18-41-19-13-26)28-4-1-2-5-29(28)35(32)24-10-16-39-17-11-24/h1-7,20-24,26,38-39H,8-19H2,(H2,37,40). The van der Waals surface area contributed by atoms with Crippen LogP contribution in [0.2, 0.25) is 0 Å². The zero-order valence-electron chi connectivity index (χ0n) is 24.3. The maximum atomic E-state index is 12.7. The van der Waals surface area contributed by atoms with Crippen molar-refractivity contribution in [1.82, 2.24) is 10.6 Å². The Labute approximate surface area is 248 Å². The van der Waals surface area contributed by atoms with Crippen LogP contribution in [0.5, 0.6) is 5.75 Å². The zero-order valence-corrected chi connectivity index (χ0v) is 24.3. The number of rotatable bonds is 6. The number of primary amides is 1. The molecule has 0 aliphatic carbocycles. The first-order valence-corrected chi connectivity index (χ1v) is 15.8. The van der Waals surface area contributed by atoms with Crippen LogP contribution in [0.3, 0.4) is 0 Å². The second kappa shape index (κ2) is 12.0. The highest BCUT2D eigenvalue weighted by Crippen LogP contribution is 2.46. The van der Waals surface area contributed by atoms with Gasteiger partial charge in [-0.25, -0.2) is 0 Å². The van der Waals surface area contributed by atoms with Crippen LogP contribution in [0.4, 0.5) is 0 Å². The van der Waals surface area contributed by atoms with E-state index in [1.807, 2.05) is 12.1 Å². The van der Waals surface area contributed by atoms with Crippen molar-refractivity contribution in [2.75, 3.05) is 39.4 Å². The normalized spacial score (nSPS) is 19.3. The Kier molecular flexibility index (Phi) is 7.85. The van der Waals surface area contributed by atoms with Gasteiger partial charge in [-0.1, -0.05) is 42.5 Å². The monoisotopic (exact) mass is 563 g/mol. The molecule has 4 aromatic rings. The first-order chi connectivity index (χ1) is 20.7. The SMILES string of the molecule is NC(=O)c1cccc2c(C3CCNCC3)cc(-c3cc(OC4CCOCC4)c4ccccc4c3C3CCNCC3)cc12. The van der Waals surface area contributed by atoms with E-state index in [0.717, 1.165) is 100 Å². The Balaban J connectivity index is 1.49. The van der Waals surface area contributed by atoms with E-state index < -0.39 is 0 Å². The molecule has 0 spiro atoms. The largest absolute Gasteiger partial charge is 0.490 e. The average Bonchev–Trinajstić information content (AvgIpc) is 3.05. The van der Waals surface area contributed by atoms with Gasteiger partial charge in [0.05, 0.1) is 13.2 Å². The van der Waals surface area contributed by atoms with Gasteiger partial charge in [-0.15, -0.1) is 0 Å². The molecule has 4 N–H and O–H groups in total. The summed E-state index contributed by atoms with van der Waals surface area (Å²) in [4.78, 5) is 12.7. The minimum atomic E-state index is -0.380. The zero-order chi connectivity index (χ0) is 28.5. The molecule has 7 rings (SSSR count). The van der Waals surface area contributed by atoms with Crippen LogP contribution in [0.15, 0.2) is 60.7 Å². The number of amides is 1. The van der Waals surface area contributed by atoms with E-state index >= 15 is 0 Å². The van der Waals surface area contributed by atoms with Crippen LogP contribution >= 0.6 is 0 Å². The molecular formula is C36H41N3O3. The van der Waals surface area contributed by atoms with E-state index in [-0.39, 0.29) is 12.0 Å². The van der Waals surface area contributed by atoms with Gasteiger partial charge in [-0.2, -0.15) is 0 Å². The van der Waals surface area contributed by atoms with E-state index in [1.165, 1.54) is 27.5 Å². The number of hydrogen-bond acceptors (Lipinski definition) is 5. The van der Waals surface area contributed by atoms with Gasteiger partial charge in [0, 0.05) is 23.8 Å². The Morgan fingerprint density at radius 3 is 2.12 bits per heavy atom. The van der Waals surface area contributed by atoms with E-state index in [2.05, 4.69) is 59.2 Å². The van der Waals surface area contributed by atoms with Gasteiger partial charge < -0.3 is 25.8 Å². The molecule has 42 heavy (non-hydrogen) atoms. The number of carbonyl (C=O) groups excluding carboxylic acids is 1. The molecule has 3 aliphatic heterocycles. The fraction of sp³-hybridized carbons (Fsp3) is 0.417. The van der Waals surface area contributed by atoms with Crippen molar-refractivity contribution in [3.05, 3.63) is 77.4 Å². The summed E-state index contributed by atoms with van der Waals surface area (Å²) in [6.45, 7) is 5.52. The van der Waals surface area contributed by atoms with Crippen molar-refractivity contribution in [3.8, 4) is 16.9 Å². The molecule has 0 unspecified atom stereocenters. The van der Waals surface area contributed by atoms with Crippen LogP contribution in [0.1, 0.15) is 71.8 Å². The topological polar surface area (TPSA) is 85.6 Å². The van der Waals surface area contributed by atoms with Crippen LogP contribution in [-0.2, 0) is 4.74 Å². The summed E-state index contributed by atoms with van der Waals surface area (Å²) in [5.74, 6) is 1.43. The molecule has 1 amide bonds. The minimum Gasteiger partial charge on any atom is -0.490 e. The molecule has 0 atom stereocenters. The lowest BCUT2D eigenvalue weighted by Gasteiger charge is -2.30. The number of nitrogens with one attached hydrogen (secondary N) is 2. The van der Waals surface area contributed by atoms with Crippen molar-refractivity contribution >= 4 is 27.5 Å². The molecule has 218 valence electrons. The Morgan fingerprint density at radius 2 is 1.40 bits per heavy atom. The highest BCUT2D eigenvalue weighted by molar-refractivity contribution is 6.09. The van der Waals surface area contributed by atoms with Crippen LogP contribution in [-0.4, -0.2) is 51.4 Å². The fourth-order valence-corrected chi connectivity index (χ4v) is 7.48. The molecule has 6 nitrogen and oxygen atoms in total. The lowest BCUT2D eigenvalue weighted by molar-refractivity contribution is 0.0262. The summed E-state index contributed by atoms with van der Waals surface area (Å²) >= 11 is 0. The maximum Gasteiger partial charge on any atom is 0.249 e. The highest BCUT2D eigenvalue weighted by Gasteiger charge is 2.27. The summed E-state index contributed by atoms with van der Waals surface area (Å²) in [5.41, 5.74) is 11.6. The third-order valence-electron chi connectivity index (χ3n) is 9.64. The minimum absolute atomic E-state index is 0.142. The van der Waals surface area contributed by atoms with Crippen molar-refractivity contribution in [2.45, 2.75) is 56.5 Å². The van der Waals surface area contributed by atoms with E-state index in [9.17, 15) is 4.79 Å². The molecule has 0 bridgehead atoms. The lowest BCUT2D eigenvalue weighted by Crippen LogP contribution is -2.27. The van der Waals surface area contributed by atoms with Crippen LogP contribution in [0, 0.1) is 0 Å². The van der Waals surface area contributed by atoms with Gasteiger partial charge in [0.15, 0.2) is 0 Å². The van der Waals surface area contributed by atoms with E-state index in [0.29, 0.717) is 17.4 Å². The molecular weight excluding hydrogens is 522 g/mol. The van der Waals surface area contributed by atoms with Gasteiger partial charge in [-0.3, -0.25) is 4.79 Å². The highest BCUT2D eigenvalue weighted by atomic mass is 16.5. The fourth-order valence-electron chi connectivity index (χ4n) is 7.48. The first kappa shape index (κ1) is 27.4.